The van der Waals surface area contributed by atoms with Crippen molar-refractivity contribution in [2.75, 3.05) is 19.5 Å². The van der Waals surface area contributed by atoms with Gasteiger partial charge in [0.2, 0.25) is 0 Å². The van der Waals surface area contributed by atoms with E-state index in [1.54, 1.807) is 31.4 Å². The molecule has 1 fully saturated rings. The topological polar surface area (TPSA) is 138 Å². The Kier molecular flexibility index (Phi) is 7.87. The summed E-state index contributed by atoms with van der Waals surface area (Å²) in [5, 5.41) is 10.4. The Morgan fingerprint density at radius 2 is 1.84 bits per heavy atom. The van der Waals surface area contributed by atoms with Gasteiger partial charge >= 0.3 is 11.9 Å². The van der Waals surface area contributed by atoms with Gasteiger partial charge in [0.25, 0.3) is 11.6 Å². The van der Waals surface area contributed by atoms with Gasteiger partial charge in [-0.05, 0) is 35.4 Å². The van der Waals surface area contributed by atoms with Crippen LogP contribution in [0.25, 0.3) is 0 Å². The molecule has 0 bridgehead atoms. The Morgan fingerprint density at radius 3 is 2.46 bits per heavy atom. The van der Waals surface area contributed by atoms with Crippen LogP contribution in [0.3, 0.4) is 0 Å². The average Bonchev–Trinajstić information content (AvgIpc) is 2.90. The third-order valence-corrected chi connectivity index (χ3v) is 7.00. The van der Waals surface area contributed by atoms with Crippen molar-refractivity contribution in [2.24, 2.45) is 4.99 Å². The number of carbonyl (C=O) groups is 3. The summed E-state index contributed by atoms with van der Waals surface area (Å²) in [6.07, 6.45) is 1.48. The van der Waals surface area contributed by atoms with Crippen LogP contribution in [0.15, 0.2) is 64.8 Å². The van der Waals surface area contributed by atoms with E-state index in [4.69, 9.17) is 14.2 Å². The highest BCUT2D eigenvalue weighted by Crippen LogP contribution is 2.42. The second-order valence-electron chi connectivity index (χ2n) is 8.14. The lowest BCUT2D eigenvalue weighted by molar-refractivity contribution is -0.384. The summed E-state index contributed by atoms with van der Waals surface area (Å²) in [7, 11) is 1.55. The van der Waals surface area contributed by atoms with E-state index in [-0.39, 0.29) is 24.6 Å². The molecule has 0 aliphatic carbocycles. The summed E-state index contributed by atoms with van der Waals surface area (Å²) >= 11 is 1.40. The third-order valence-electron chi connectivity index (χ3n) is 5.68. The number of non-ortho nitro benzene ring substituents is 1. The fourth-order valence-corrected chi connectivity index (χ4v) is 5.06. The van der Waals surface area contributed by atoms with E-state index in [0.717, 1.165) is 5.56 Å². The summed E-state index contributed by atoms with van der Waals surface area (Å²) in [5.74, 6) is -0.592. The van der Waals surface area contributed by atoms with Crippen LogP contribution in [0.1, 0.15) is 18.1 Å². The minimum Gasteiger partial charge on any atom is -0.497 e. The molecule has 0 spiro atoms. The van der Waals surface area contributed by atoms with Gasteiger partial charge in [0.15, 0.2) is 6.04 Å². The minimum atomic E-state index is -0.736. The lowest BCUT2D eigenvalue weighted by Gasteiger charge is -2.48. The molecule has 192 valence electrons. The number of hydrogen-bond donors (Lipinski definition) is 0. The maximum atomic E-state index is 13.1. The van der Waals surface area contributed by atoms with Crippen LogP contribution in [-0.2, 0) is 30.5 Å². The van der Waals surface area contributed by atoms with E-state index in [1.165, 1.54) is 54.1 Å². The Morgan fingerprint density at radius 1 is 1.14 bits per heavy atom. The Balaban J connectivity index is 1.49. The molecular weight excluding hydrogens is 502 g/mol. The molecule has 1 saturated heterocycles. The monoisotopic (exact) mass is 525 g/mol. The molecule has 2 heterocycles. The van der Waals surface area contributed by atoms with Crippen LogP contribution >= 0.6 is 11.8 Å². The third kappa shape index (κ3) is 5.80. The highest BCUT2D eigenvalue weighted by Gasteiger charge is 2.53. The van der Waals surface area contributed by atoms with Gasteiger partial charge < -0.3 is 14.2 Å². The fourth-order valence-electron chi connectivity index (χ4n) is 3.74. The summed E-state index contributed by atoms with van der Waals surface area (Å²) in [6, 6.07) is 12.1. The molecule has 0 N–H and O–H groups in total. The fraction of sp³-hybridized carbons (Fsp3) is 0.280. The molecule has 0 radical (unpaired) electrons. The number of hydrogen-bond acceptors (Lipinski definition) is 10. The molecule has 2 aliphatic rings. The SMILES string of the molecule is COc1ccc(COC(=O)C2=C(COC(C)=O)CS[C@@H]3[C@H](N=Cc4ccc([N+](=O)[O-])cc4)C(=O)N23)cc1. The zero-order valence-electron chi connectivity index (χ0n) is 20.0. The van der Waals surface area contributed by atoms with Crippen molar-refractivity contribution in [1.82, 2.24) is 4.90 Å². The maximum absolute atomic E-state index is 13.1. The molecule has 0 unspecified atom stereocenters. The largest absolute Gasteiger partial charge is 0.497 e. The number of methoxy groups -OCH3 is 1. The highest BCUT2D eigenvalue weighted by molar-refractivity contribution is 8.00. The standard InChI is InChI=1S/C25H23N3O8S/c1-15(29)35-13-18-14-37-24-21(26-11-16-3-7-19(8-4-16)28(32)33)23(30)27(24)22(18)25(31)36-12-17-5-9-20(34-2)10-6-17/h3-11,21,24H,12-14H2,1-2H3/t21-,24-/m1/s1. The van der Waals surface area contributed by atoms with E-state index in [0.29, 0.717) is 22.6 Å². The summed E-state index contributed by atoms with van der Waals surface area (Å²) < 4.78 is 15.7. The van der Waals surface area contributed by atoms with E-state index in [2.05, 4.69) is 4.99 Å². The number of esters is 2. The molecule has 1 amide bonds. The Bertz CT molecular complexity index is 1270. The van der Waals surface area contributed by atoms with Gasteiger partial charge in [-0.2, -0.15) is 0 Å². The quantitative estimate of drug-likeness (QED) is 0.159. The summed E-state index contributed by atoms with van der Waals surface area (Å²) in [5.41, 5.74) is 1.82. The smallest absolute Gasteiger partial charge is 0.355 e. The molecule has 0 aromatic heterocycles. The molecule has 37 heavy (non-hydrogen) atoms. The molecule has 2 aromatic carbocycles. The number of nitro groups is 1. The zero-order valence-corrected chi connectivity index (χ0v) is 20.8. The van der Waals surface area contributed by atoms with Gasteiger partial charge in [0, 0.05) is 36.6 Å². The van der Waals surface area contributed by atoms with Crippen LogP contribution in [0.2, 0.25) is 0 Å². The van der Waals surface area contributed by atoms with Crippen LogP contribution in [0.5, 0.6) is 5.75 Å². The normalized spacial score (nSPS) is 18.8. The van der Waals surface area contributed by atoms with E-state index < -0.39 is 34.2 Å². The Labute approximate surface area is 216 Å². The van der Waals surface area contributed by atoms with Crippen LogP contribution < -0.4 is 4.74 Å². The number of ether oxygens (including phenoxy) is 3. The van der Waals surface area contributed by atoms with Gasteiger partial charge in [-0.15, -0.1) is 11.8 Å². The maximum Gasteiger partial charge on any atom is 0.355 e. The predicted octanol–water partition coefficient (Wildman–Crippen LogP) is 2.87. The number of aliphatic imine (C=N–C) groups is 1. The first-order valence-electron chi connectivity index (χ1n) is 11.2. The number of nitro benzene ring substituents is 1. The van der Waals surface area contributed by atoms with Crippen molar-refractivity contribution in [3.63, 3.8) is 0 Å². The molecule has 2 atom stereocenters. The summed E-state index contributed by atoms with van der Waals surface area (Å²) in [4.78, 5) is 53.6. The van der Waals surface area contributed by atoms with Gasteiger partial charge in [-0.25, -0.2) is 4.79 Å². The molecule has 4 rings (SSSR count). The van der Waals surface area contributed by atoms with Crippen molar-refractivity contribution in [3.8, 4) is 5.75 Å². The number of β-lactam (4-membered cyclic amide) rings is 1. The number of rotatable bonds is 9. The molecule has 11 nitrogen and oxygen atoms in total. The van der Waals surface area contributed by atoms with Crippen LogP contribution in [0, 0.1) is 10.1 Å². The molecule has 0 saturated carbocycles. The number of benzene rings is 2. The number of fused-ring (bicyclic) bond motifs is 1. The summed E-state index contributed by atoms with van der Waals surface area (Å²) in [6.45, 7) is 1.11. The number of nitrogens with zero attached hydrogens (tertiary/aromatic N) is 3. The van der Waals surface area contributed by atoms with Crippen molar-refractivity contribution >= 4 is 41.5 Å². The average molecular weight is 526 g/mol. The second-order valence-corrected chi connectivity index (χ2v) is 9.24. The first kappa shape index (κ1) is 25.9. The first-order chi connectivity index (χ1) is 17.8. The lowest BCUT2D eigenvalue weighted by atomic mass is 10.0. The van der Waals surface area contributed by atoms with Crippen LogP contribution in [-0.4, -0.2) is 64.8 Å². The zero-order chi connectivity index (χ0) is 26.5. The van der Waals surface area contributed by atoms with Crippen molar-refractivity contribution < 1.29 is 33.5 Å². The molecule has 2 aromatic rings. The molecular formula is C25H23N3O8S. The van der Waals surface area contributed by atoms with Crippen molar-refractivity contribution in [1.29, 1.82) is 0 Å². The van der Waals surface area contributed by atoms with Gasteiger partial charge in [0.05, 0.1) is 12.0 Å². The van der Waals surface area contributed by atoms with Gasteiger partial charge in [-0.1, -0.05) is 12.1 Å². The predicted molar refractivity (Wildman–Crippen MR) is 134 cm³/mol. The molecule has 12 heteroatoms. The number of amides is 1. The van der Waals surface area contributed by atoms with E-state index in [1.807, 2.05) is 0 Å². The van der Waals surface area contributed by atoms with Gasteiger partial charge in [0.1, 0.15) is 30.0 Å². The van der Waals surface area contributed by atoms with Crippen LogP contribution in [0.4, 0.5) is 5.69 Å². The Hall–Kier alpha value is -4.19. The lowest BCUT2D eigenvalue weighted by Crippen LogP contribution is -2.64. The first-order valence-corrected chi connectivity index (χ1v) is 12.2. The van der Waals surface area contributed by atoms with Crippen molar-refractivity contribution in [3.05, 3.63) is 81.0 Å². The van der Waals surface area contributed by atoms with Crippen molar-refractivity contribution in [2.45, 2.75) is 24.9 Å². The van der Waals surface area contributed by atoms with E-state index >= 15 is 0 Å². The molecule has 2 aliphatic heterocycles. The van der Waals surface area contributed by atoms with Gasteiger partial charge in [-0.3, -0.25) is 29.6 Å². The number of carbonyl (C=O) groups excluding carboxylic acids is 3. The number of thioether (sulfide) groups is 1. The second kappa shape index (κ2) is 11.2. The highest BCUT2D eigenvalue weighted by atomic mass is 32.2. The minimum absolute atomic E-state index is 0.0191. The van der Waals surface area contributed by atoms with E-state index in [9.17, 15) is 24.5 Å².